The summed E-state index contributed by atoms with van der Waals surface area (Å²) in [6.45, 7) is 6.04. The Balaban J connectivity index is 1.91. The molecule has 1 heterocycles. The van der Waals surface area contributed by atoms with Gasteiger partial charge in [0.1, 0.15) is 5.75 Å². The molecule has 0 aliphatic carbocycles. The molecule has 0 unspecified atom stereocenters. The van der Waals surface area contributed by atoms with E-state index in [2.05, 4.69) is 45.3 Å². The van der Waals surface area contributed by atoms with E-state index in [-0.39, 0.29) is 0 Å². The lowest BCUT2D eigenvalue weighted by molar-refractivity contribution is 0.452. The van der Waals surface area contributed by atoms with Crippen molar-refractivity contribution in [2.75, 3.05) is 6.54 Å². The van der Waals surface area contributed by atoms with Crippen molar-refractivity contribution < 1.29 is 4.74 Å². The van der Waals surface area contributed by atoms with Gasteiger partial charge in [-0.1, -0.05) is 35.8 Å². The molecule has 5 heteroatoms. The molecule has 20 heavy (non-hydrogen) atoms. The first kappa shape index (κ1) is 14.9. The number of nitrogens with zero attached hydrogens (tertiary/aromatic N) is 2. The number of ether oxygens (including phenoxy) is 1. The van der Waals surface area contributed by atoms with Crippen molar-refractivity contribution in [1.82, 2.24) is 15.5 Å². The normalized spacial score (nSPS) is 10.8. The van der Waals surface area contributed by atoms with Crippen LogP contribution in [0.1, 0.15) is 19.5 Å². The van der Waals surface area contributed by atoms with E-state index in [4.69, 9.17) is 4.74 Å². The number of hydrogen-bond acceptors (Lipinski definition) is 4. The molecule has 1 aromatic heterocycles. The molecule has 2 rings (SSSR count). The summed E-state index contributed by atoms with van der Waals surface area (Å²) >= 11 is 3.40. The SMILES string of the molecule is CC(C)CNCc1ccc(Oc2cccc(Br)c2)nn1. The summed E-state index contributed by atoms with van der Waals surface area (Å²) in [6.07, 6.45) is 0. The van der Waals surface area contributed by atoms with Gasteiger partial charge in [0.2, 0.25) is 5.88 Å². The average molecular weight is 336 g/mol. The van der Waals surface area contributed by atoms with Crippen LogP contribution < -0.4 is 10.1 Å². The monoisotopic (exact) mass is 335 g/mol. The maximum Gasteiger partial charge on any atom is 0.238 e. The van der Waals surface area contributed by atoms with Gasteiger partial charge >= 0.3 is 0 Å². The summed E-state index contributed by atoms with van der Waals surface area (Å²) in [5, 5.41) is 11.5. The lowest BCUT2D eigenvalue weighted by Gasteiger charge is -2.07. The second-order valence-corrected chi connectivity index (χ2v) is 5.86. The van der Waals surface area contributed by atoms with Gasteiger partial charge in [0.15, 0.2) is 0 Å². The number of hydrogen-bond donors (Lipinski definition) is 1. The van der Waals surface area contributed by atoms with Crippen molar-refractivity contribution in [2.24, 2.45) is 5.92 Å². The van der Waals surface area contributed by atoms with Gasteiger partial charge in [-0.05, 0) is 36.7 Å². The smallest absolute Gasteiger partial charge is 0.238 e. The average Bonchev–Trinajstić information content (AvgIpc) is 2.40. The molecule has 1 aromatic carbocycles. The van der Waals surface area contributed by atoms with Crippen LogP contribution in [0.25, 0.3) is 0 Å². The van der Waals surface area contributed by atoms with Crippen LogP contribution in [0.2, 0.25) is 0 Å². The lowest BCUT2D eigenvalue weighted by atomic mass is 10.2. The van der Waals surface area contributed by atoms with Gasteiger partial charge in [0.05, 0.1) is 5.69 Å². The Morgan fingerprint density at radius 1 is 1.20 bits per heavy atom. The molecule has 0 saturated carbocycles. The Hall–Kier alpha value is -1.46. The number of rotatable bonds is 6. The highest BCUT2D eigenvalue weighted by Crippen LogP contribution is 2.22. The second kappa shape index (κ2) is 7.36. The van der Waals surface area contributed by atoms with E-state index in [1.807, 2.05) is 36.4 Å². The predicted molar refractivity (Wildman–Crippen MR) is 82.8 cm³/mol. The largest absolute Gasteiger partial charge is 0.437 e. The van der Waals surface area contributed by atoms with Crippen LogP contribution in [0.3, 0.4) is 0 Å². The van der Waals surface area contributed by atoms with Crippen LogP contribution in [0.15, 0.2) is 40.9 Å². The van der Waals surface area contributed by atoms with E-state index in [1.165, 1.54) is 0 Å². The summed E-state index contributed by atoms with van der Waals surface area (Å²) in [6, 6.07) is 11.4. The summed E-state index contributed by atoms with van der Waals surface area (Å²) in [4.78, 5) is 0. The molecule has 1 N–H and O–H groups in total. The van der Waals surface area contributed by atoms with Gasteiger partial charge in [-0.2, -0.15) is 5.10 Å². The van der Waals surface area contributed by atoms with Crippen LogP contribution in [0, 0.1) is 5.92 Å². The fraction of sp³-hybridized carbons (Fsp3) is 0.333. The van der Waals surface area contributed by atoms with Crippen molar-refractivity contribution >= 4 is 15.9 Å². The Labute approximate surface area is 127 Å². The second-order valence-electron chi connectivity index (χ2n) is 4.95. The first-order valence-electron chi connectivity index (χ1n) is 6.60. The predicted octanol–water partition coefficient (Wildman–Crippen LogP) is 3.78. The Bertz CT molecular complexity index is 543. The molecule has 0 aliphatic heterocycles. The quantitative estimate of drug-likeness (QED) is 0.872. The zero-order chi connectivity index (χ0) is 14.4. The highest BCUT2D eigenvalue weighted by Gasteiger charge is 2.02. The molecular formula is C15H18BrN3O. The maximum absolute atomic E-state index is 5.63. The molecule has 0 saturated heterocycles. The van der Waals surface area contributed by atoms with Gasteiger partial charge in [0, 0.05) is 17.1 Å². The van der Waals surface area contributed by atoms with E-state index >= 15 is 0 Å². The molecule has 0 spiro atoms. The van der Waals surface area contributed by atoms with Gasteiger partial charge in [0.25, 0.3) is 0 Å². The molecular weight excluding hydrogens is 318 g/mol. The molecule has 0 bridgehead atoms. The van der Waals surface area contributed by atoms with E-state index < -0.39 is 0 Å². The minimum Gasteiger partial charge on any atom is -0.437 e. The summed E-state index contributed by atoms with van der Waals surface area (Å²) in [5.41, 5.74) is 0.909. The molecule has 0 fully saturated rings. The fourth-order valence-corrected chi connectivity index (χ4v) is 2.01. The summed E-state index contributed by atoms with van der Waals surface area (Å²) in [7, 11) is 0. The third kappa shape index (κ3) is 4.90. The van der Waals surface area contributed by atoms with Crippen molar-refractivity contribution in [3.8, 4) is 11.6 Å². The molecule has 0 amide bonds. The highest BCUT2D eigenvalue weighted by atomic mass is 79.9. The number of halogens is 1. The Morgan fingerprint density at radius 3 is 2.70 bits per heavy atom. The van der Waals surface area contributed by atoms with Crippen molar-refractivity contribution in [2.45, 2.75) is 20.4 Å². The van der Waals surface area contributed by atoms with Crippen molar-refractivity contribution in [3.63, 3.8) is 0 Å². The lowest BCUT2D eigenvalue weighted by Crippen LogP contribution is -2.19. The van der Waals surface area contributed by atoms with Gasteiger partial charge in [-0.25, -0.2) is 0 Å². The Kier molecular flexibility index (Phi) is 5.49. The minimum absolute atomic E-state index is 0.496. The van der Waals surface area contributed by atoms with Gasteiger partial charge < -0.3 is 10.1 Å². The van der Waals surface area contributed by atoms with Gasteiger partial charge in [-0.15, -0.1) is 5.10 Å². The van der Waals surface area contributed by atoms with Crippen molar-refractivity contribution in [1.29, 1.82) is 0 Å². The van der Waals surface area contributed by atoms with Crippen LogP contribution >= 0.6 is 15.9 Å². The van der Waals surface area contributed by atoms with Crippen LogP contribution in [-0.2, 0) is 6.54 Å². The molecule has 0 atom stereocenters. The zero-order valence-electron chi connectivity index (χ0n) is 11.6. The first-order valence-corrected chi connectivity index (χ1v) is 7.39. The van der Waals surface area contributed by atoms with Crippen LogP contribution in [0.4, 0.5) is 0 Å². The molecule has 0 radical (unpaired) electrons. The number of benzene rings is 1. The highest BCUT2D eigenvalue weighted by molar-refractivity contribution is 9.10. The molecule has 0 aliphatic rings. The van der Waals surface area contributed by atoms with Crippen LogP contribution in [0.5, 0.6) is 11.6 Å². The molecule has 2 aromatic rings. The Morgan fingerprint density at radius 2 is 2.05 bits per heavy atom. The zero-order valence-corrected chi connectivity index (χ0v) is 13.2. The number of nitrogens with one attached hydrogen (secondary N) is 1. The third-order valence-electron chi connectivity index (χ3n) is 2.57. The van der Waals surface area contributed by atoms with Gasteiger partial charge in [-0.3, -0.25) is 0 Å². The van der Waals surface area contributed by atoms with E-state index in [0.29, 0.717) is 11.8 Å². The summed E-state index contributed by atoms with van der Waals surface area (Å²) in [5.74, 6) is 1.86. The topological polar surface area (TPSA) is 47.0 Å². The van der Waals surface area contributed by atoms with Crippen molar-refractivity contribution in [3.05, 3.63) is 46.6 Å². The summed E-state index contributed by atoms with van der Waals surface area (Å²) < 4.78 is 6.60. The molecule has 4 nitrogen and oxygen atoms in total. The number of aromatic nitrogens is 2. The minimum atomic E-state index is 0.496. The van der Waals surface area contributed by atoms with E-state index in [0.717, 1.165) is 29.0 Å². The first-order chi connectivity index (χ1) is 9.63. The fourth-order valence-electron chi connectivity index (χ4n) is 1.64. The van der Waals surface area contributed by atoms with E-state index in [9.17, 15) is 0 Å². The standard InChI is InChI=1S/C15H18BrN3O/c1-11(2)9-17-10-13-6-7-15(19-18-13)20-14-5-3-4-12(16)8-14/h3-8,11,17H,9-10H2,1-2H3. The molecule has 106 valence electrons. The van der Waals surface area contributed by atoms with Crippen LogP contribution in [-0.4, -0.2) is 16.7 Å². The van der Waals surface area contributed by atoms with E-state index in [1.54, 1.807) is 0 Å². The maximum atomic E-state index is 5.63. The third-order valence-corrected chi connectivity index (χ3v) is 3.07.